The summed E-state index contributed by atoms with van der Waals surface area (Å²) in [6.45, 7) is 16.7. The molecule has 1 fully saturated rings. The first-order valence-electron chi connectivity index (χ1n) is 8.03. The van der Waals surface area contributed by atoms with Gasteiger partial charge in [0, 0.05) is 22.5 Å². The van der Waals surface area contributed by atoms with Crippen molar-refractivity contribution >= 4 is 11.4 Å². The molecule has 0 saturated heterocycles. The molecule has 0 aliphatic heterocycles. The fourth-order valence-corrected chi connectivity index (χ4v) is 2.88. The highest BCUT2D eigenvalue weighted by atomic mass is 14.9. The first-order chi connectivity index (χ1) is 9.79. The molecule has 0 spiro atoms. The fourth-order valence-electron chi connectivity index (χ4n) is 2.88. The van der Waals surface area contributed by atoms with Crippen molar-refractivity contribution < 1.29 is 0 Å². The summed E-state index contributed by atoms with van der Waals surface area (Å²) in [5, 5.41) is 0. The molecule has 3 heteroatoms. The SMILES string of the molecule is C=C(N)C(=C/C)/N=C(\C)C(CC)/N=C(/CC)C1(C)CC1C. The Bertz CT molecular complexity index is 485. The Labute approximate surface area is 130 Å². The third kappa shape index (κ3) is 4.05. The molecule has 1 saturated carbocycles. The molecule has 0 amide bonds. The van der Waals surface area contributed by atoms with Crippen LogP contribution in [0.2, 0.25) is 0 Å². The number of nitrogens with two attached hydrogens (primary N) is 1. The van der Waals surface area contributed by atoms with Crippen LogP contribution in [-0.4, -0.2) is 17.5 Å². The first-order valence-corrected chi connectivity index (χ1v) is 8.03. The highest BCUT2D eigenvalue weighted by Gasteiger charge is 2.49. The van der Waals surface area contributed by atoms with Crippen molar-refractivity contribution in [3.05, 3.63) is 24.0 Å². The van der Waals surface area contributed by atoms with Gasteiger partial charge in [-0.15, -0.1) is 0 Å². The molecule has 1 rings (SSSR count). The zero-order valence-corrected chi connectivity index (χ0v) is 14.5. The second-order valence-corrected chi connectivity index (χ2v) is 6.33. The summed E-state index contributed by atoms with van der Waals surface area (Å²) < 4.78 is 0. The number of allylic oxidation sites excluding steroid dienone is 1. The van der Waals surface area contributed by atoms with Crippen molar-refractivity contribution in [2.45, 2.75) is 66.8 Å². The molecule has 3 unspecified atom stereocenters. The summed E-state index contributed by atoms with van der Waals surface area (Å²) in [6, 6.07) is 0.138. The van der Waals surface area contributed by atoms with Crippen LogP contribution in [0.4, 0.5) is 0 Å². The maximum Gasteiger partial charge on any atom is 0.0874 e. The number of hydrogen-bond donors (Lipinski definition) is 1. The van der Waals surface area contributed by atoms with E-state index in [4.69, 9.17) is 10.7 Å². The van der Waals surface area contributed by atoms with Gasteiger partial charge in [0.2, 0.25) is 0 Å². The van der Waals surface area contributed by atoms with E-state index in [0.29, 0.717) is 11.1 Å². The van der Waals surface area contributed by atoms with Crippen LogP contribution in [0, 0.1) is 11.3 Å². The Kier molecular flexibility index (Phi) is 5.94. The fraction of sp³-hybridized carbons (Fsp3) is 0.667. The summed E-state index contributed by atoms with van der Waals surface area (Å²) in [5.74, 6) is 0.751. The summed E-state index contributed by atoms with van der Waals surface area (Å²) in [5.41, 5.74) is 9.68. The normalized spacial score (nSPS) is 28.5. The molecule has 21 heavy (non-hydrogen) atoms. The van der Waals surface area contributed by atoms with Crippen LogP contribution in [-0.2, 0) is 0 Å². The van der Waals surface area contributed by atoms with Gasteiger partial charge in [0.25, 0.3) is 0 Å². The third-order valence-electron chi connectivity index (χ3n) is 4.73. The Morgan fingerprint density at radius 1 is 1.48 bits per heavy atom. The smallest absolute Gasteiger partial charge is 0.0874 e. The van der Waals surface area contributed by atoms with Crippen LogP contribution >= 0.6 is 0 Å². The van der Waals surface area contributed by atoms with Gasteiger partial charge in [-0.3, -0.25) is 9.98 Å². The molecule has 0 aromatic heterocycles. The van der Waals surface area contributed by atoms with Crippen molar-refractivity contribution in [1.29, 1.82) is 0 Å². The lowest BCUT2D eigenvalue weighted by Crippen LogP contribution is -2.22. The van der Waals surface area contributed by atoms with Gasteiger partial charge < -0.3 is 5.73 Å². The topological polar surface area (TPSA) is 50.7 Å². The van der Waals surface area contributed by atoms with Gasteiger partial charge in [0.1, 0.15) is 0 Å². The molecule has 2 N–H and O–H groups in total. The first kappa shape index (κ1) is 17.7. The van der Waals surface area contributed by atoms with Crippen molar-refractivity contribution in [3.63, 3.8) is 0 Å². The van der Waals surface area contributed by atoms with E-state index in [-0.39, 0.29) is 6.04 Å². The van der Waals surface area contributed by atoms with Gasteiger partial charge in [-0.25, -0.2) is 0 Å². The van der Waals surface area contributed by atoms with E-state index in [9.17, 15) is 0 Å². The predicted octanol–water partition coefficient (Wildman–Crippen LogP) is 4.50. The van der Waals surface area contributed by atoms with Gasteiger partial charge in [0.15, 0.2) is 0 Å². The minimum atomic E-state index is 0.138. The van der Waals surface area contributed by atoms with Crippen LogP contribution in [0.5, 0.6) is 0 Å². The van der Waals surface area contributed by atoms with Gasteiger partial charge >= 0.3 is 0 Å². The van der Waals surface area contributed by atoms with Crippen molar-refractivity contribution in [3.8, 4) is 0 Å². The van der Waals surface area contributed by atoms with Crippen LogP contribution in [0.25, 0.3) is 0 Å². The summed E-state index contributed by atoms with van der Waals surface area (Å²) >= 11 is 0. The maximum atomic E-state index is 5.76. The molecule has 0 bridgehead atoms. The van der Waals surface area contributed by atoms with Crippen LogP contribution in [0.3, 0.4) is 0 Å². The Morgan fingerprint density at radius 3 is 2.38 bits per heavy atom. The summed E-state index contributed by atoms with van der Waals surface area (Å²) in [4.78, 5) is 9.65. The van der Waals surface area contributed by atoms with E-state index in [1.54, 1.807) is 0 Å². The highest BCUT2D eigenvalue weighted by molar-refractivity contribution is 5.96. The Balaban J connectivity index is 3.02. The molecule has 0 aromatic rings. The van der Waals surface area contributed by atoms with Gasteiger partial charge in [-0.2, -0.15) is 0 Å². The molecular weight excluding hydrogens is 258 g/mol. The number of hydrogen-bond acceptors (Lipinski definition) is 3. The van der Waals surface area contributed by atoms with Crippen molar-refractivity contribution in [2.24, 2.45) is 27.1 Å². The average Bonchev–Trinajstić information content (AvgIpc) is 3.05. The Morgan fingerprint density at radius 2 is 2.05 bits per heavy atom. The van der Waals surface area contributed by atoms with E-state index in [0.717, 1.165) is 30.2 Å². The maximum absolute atomic E-state index is 5.76. The number of aliphatic imine (C=N–C) groups is 2. The number of rotatable bonds is 7. The molecule has 0 heterocycles. The number of nitrogens with zero attached hydrogens (tertiary/aromatic N) is 2. The van der Waals surface area contributed by atoms with Gasteiger partial charge in [0.05, 0.1) is 11.7 Å². The van der Waals surface area contributed by atoms with Crippen LogP contribution < -0.4 is 5.73 Å². The predicted molar refractivity (Wildman–Crippen MR) is 93.9 cm³/mol. The monoisotopic (exact) mass is 289 g/mol. The van der Waals surface area contributed by atoms with Gasteiger partial charge in [-0.1, -0.05) is 40.3 Å². The van der Waals surface area contributed by atoms with Crippen molar-refractivity contribution in [1.82, 2.24) is 0 Å². The largest absolute Gasteiger partial charge is 0.397 e. The van der Waals surface area contributed by atoms with E-state index < -0.39 is 0 Å². The molecule has 0 aromatic carbocycles. The third-order valence-corrected chi connectivity index (χ3v) is 4.73. The van der Waals surface area contributed by atoms with Crippen LogP contribution in [0.1, 0.15) is 60.8 Å². The average molecular weight is 289 g/mol. The molecule has 0 radical (unpaired) electrons. The highest BCUT2D eigenvalue weighted by Crippen LogP contribution is 2.53. The Hall–Kier alpha value is -1.38. The van der Waals surface area contributed by atoms with Gasteiger partial charge in [-0.05, 0) is 39.0 Å². The molecular formula is C18H31N3. The lowest BCUT2D eigenvalue weighted by Gasteiger charge is -2.18. The molecule has 3 atom stereocenters. The summed E-state index contributed by atoms with van der Waals surface area (Å²) in [6.07, 6.45) is 5.13. The zero-order chi connectivity index (χ0) is 16.2. The lowest BCUT2D eigenvalue weighted by atomic mass is 9.97. The standard InChI is InChI=1S/C18H31N3/c1-8-15(13(5)19)20-14(6)16(9-2)21-17(10-3)18(7)11-12(18)4/h8,12,16H,5,9-11,19H2,1-4,6-7H3/b15-8-,20-14+,21-17-. The van der Waals surface area contributed by atoms with E-state index in [2.05, 4.69) is 39.3 Å². The summed E-state index contributed by atoms with van der Waals surface area (Å²) in [7, 11) is 0. The zero-order valence-electron chi connectivity index (χ0n) is 14.5. The molecule has 3 nitrogen and oxygen atoms in total. The molecule has 118 valence electrons. The van der Waals surface area contributed by atoms with E-state index >= 15 is 0 Å². The molecule has 1 aliphatic rings. The molecule has 1 aliphatic carbocycles. The second kappa shape index (κ2) is 7.06. The van der Waals surface area contributed by atoms with Crippen molar-refractivity contribution in [2.75, 3.05) is 0 Å². The minimum Gasteiger partial charge on any atom is -0.397 e. The quantitative estimate of drug-likeness (QED) is 0.544. The lowest BCUT2D eigenvalue weighted by molar-refractivity contribution is 0.679. The van der Waals surface area contributed by atoms with E-state index in [1.807, 2.05) is 19.9 Å². The van der Waals surface area contributed by atoms with E-state index in [1.165, 1.54) is 12.1 Å². The second-order valence-electron chi connectivity index (χ2n) is 6.33. The van der Waals surface area contributed by atoms with Crippen LogP contribution in [0.15, 0.2) is 34.0 Å². The minimum absolute atomic E-state index is 0.138.